The molecule has 2 aliphatic rings. The maximum Gasteiger partial charge on any atom is 0.166 e. The minimum absolute atomic E-state index is 0.145. The molecule has 4 rings (SSSR count). The number of hydrogen-bond donors (Lipinski definition) is 1. The lowest BCUT2D eigenvalue weighted by Crippen LogP contribution is -2.60. The van der Waals surface area contributed by atoms with Gasteiger partial charge in [0.2, 0.25) is 0 Å². The van der Waals surface area contributed by atoms with Crippen LogP contribution in [0.3, 0.4) is 0 Å². The quantitative estimate of drug-likeness (QED) is 0.755. The van der Waals surface area contributed by atoms with Gasteiger partial charge in [-0.05, 0) is 43.5 Å². The highest BCUT2D eigenvalue weighted by atomic mass is 35.5. The van der Waals surface area contributed by atoms with E-state index in [1.807, 2.05) is 6.07 Å². The van der Waals surface area contributed by atoms with Gasteiger partial charge in [0.15, 0.2) is 9.84 Å². The number of nitrogens with zero attached hydrogens (tertiary/aromatic N) is 2. The van der Waals surface area contributed by atoms with E-state index in [1.165, 1.54) is 11.3 Å². The average molecular weight is 450 g/mol. The molecule has 0 bridgehead atoms. The van der Waals surface area contributed by atoms with Crippen molar-refractivity contribution in [2.75, 3.05) is 19.0 Å². The van der Waals surface area contributed by atoms with Crippen LogP contribution >= 0.6 is 22.9 Å². The molecule has 1 spiro atoms. The first-order valence-corrected chi connectivity index (χ1v) is 12.0. The summed E-state index contributed by atoms with van der Waals surface area (Å²) in [7, 11) is -3.56. The standard InChI is InChI=1S/C20H20ClN3O3S2/c1-19(12-29(25,26)20(18(23)24-19)5-7-27-8-6-20)17-15(21)10-16(28-17)14-4-2-3-13(9-14)11-22/h2-4,9-10H,5-8,12H2,1H3,(H2,23,24). The lowest BCUT2D eigenvalue weighted by molar-refractivity contribution is 0.0875. The molecular weight excluding hydrogens is 430 g/mol. The Morgan fingerprint density at radius 2 is 2.03 bits per heavy atom. The summed E-state index contributed by atoms with van der Waals surface area (Å²) in [4.78, 5) is 6.20. The topological polar surface area (TPSA) is 106 Å². The van der Waals surface area contributed by atoms with Crippen molar-refractivity contribution in [2.24, 2.45) is 10.7 Å². The molecule has 6 nitrogen and oxygen atoms in total. The van der Waals surface area contributed by atoms with Crippen molar-refractivity contribution in [1.82, 2.24) is 0 Å². The fraction of sp³-hybridized carbons (Fsp3) is 0.400. The highest BCUT2D eigenvalue weighted by Gasteiger charge is 2.55. The number of thiophene rings is 1. The molecule has 29 heavy (non-hydrogen) atoms. The smallest absolute Gasteiger partial charge is 0.166 e. The van der Waals surface area contributed by atoms with Crippen molar-refractivity contribution in [1.29, 1.82) is 5.26 Å². The van der Waals surface area contributed by atoms with Crippen LogP contribution in [0, 0.1) is 11.3 Å². The van der Waals surface area contributed by atoms with Gasteiger partial charge in [0.1, 0.15) is 16.1 Å². The van der Waals surface area contributed by atoms with E-state index in [-0.39, 0.29) is 11.6 Å². The van der Waals surface area contributed by atoms with Gasteiger partial charge in [0.25, 0.3) is 0 Å². The Hall–Kier alpha value is -1.92. The molecule has 9 heteroatoms. The van der Waals surface area contributed by atoms with Crippen LogP contribution in [0.15, 0.2) is 35.3 Å². The molecule has 1 atom stereocenters. The van der Waals surface area contributed by atoms with Crippen LogP contribution in [0.1, 0.15) is 30.2 Å². The van der Waals surface area contributed by atoms with E-state index in [2.05, 4.69) is 6.07 Å². The second-order valence-electron chi connectivity index (χ2n) is 7.62. The van der Waals surface area contributed by atoms with Gasteiger partial charge in [-0.3, -0.25) is 4.99 Å². The number of ether oxygens (including phenoxy) is 1. The maximum atomic E-state index is 13.3. The SMILES string of the molecule is CC1(c2sc(-c3cccc(C#N)c3)cc2Cl)CS(=O)(=O)C2(CCOCC2)C(N)=N1. The molecule has 1 unspecified atom stereocenters. The van der Waals surface area contributed by atoms with Gasteiger partial charge in [0.05, 0.1) is 27.3 Å². The zero-order valence-corrected chi connectivity index (χ0v) is 18.2. The fourth-order valence-corrected chi connectivity index (χ4v) is 8.17. The number of benzene rings is 1. The predicted molar refractivity (Wildman–Crippen MR) is 115 cm³/mol. The molecule has 1 fully saturated rings. The number of aliphatic imine (C=N–C) groups is 1. The Kier molecular flexibility index (Phi) is 4.98. The van der Waals surface area contributed by atoms with E-state index in [4.69, 9.17) is 32.3 Å². The Labute approximate surface area is 178 Å². The van der Waals surface area contributed by atoms with E-state index >= 15 is 0 Å². The number of rotatable bonds is 2. The highest BCUT2D eigenvalue weighted by Crippen LogP contribution is 2.47. The van der Waals surface area contributed by atoms with E-state index in [9.17, 15) is 8.42 Å². The third kappa shape index (κ3) is 3.26. The van der Waals surface area contributed by atoms with E-state index in [1.54, 1.807) is 31.2 Å². The minimum Gasteiger partial charge on any atom is -0.386 e. The van der Waals surface area contributed by atoms with Gasteiger partial charge in [-0.25, -0.2) is 8.42 Å². The molecule has 152 valence electrons. The van der Waals surface area contributed by atoms with Crippen molar-refractivity contribution in [3.8, 4) is 16.5 Å². The van der Waals surface area contributed by atoms with Gasteiger partial charge in [-0.15, -0.1) is 11.3 Å². The highest BCUT2D eigenvalue weighted by molar-refractivity contribution is 7.93. The van der Waals surface area contributed by atoms with Crippen molar-refractivity contribution >= 4 is 38.6 Å². The monoisotopic (exact) mass is 449 g/mol. The summed E-state index contributed by atoms with van der Waals surface area (Å²) in [5, 5.41) is 9.59. The van der Waals surface area contributed by atoms with Crippen LogP contribution in [0.5, 0.6) is 0 Å². The van der Waals surface area contributed by atoms with Crippen LogP contribution in [0.4, 0.5) is 0 Å². The molecule has 2 aromatic rings. The lowest BCUT2D eigenvalue weighted by Gasteiger charge is -2.43. The van der Waals surface area contributed by atoms with E-state index < -0.39 is 20.1 Å². The van der Waals surface area contributed by atoms with Gasteiger partial charge < -0.3 is 10.5 Å². The number of halogens is 1. The zero-order chi connectivity index (χ0) is 20.9. The summed E-state index contributed by atoms with van der Waals surface area (Å²) in [5.74, 6) is -0.00875. The second-order valence-corrected chi connectivity index (χ2v) is 11.4. The zero-order valence-electron chi connectivity index (χ0n) is 15.8. The summed E-state index contributed by atoms with van der Waals surface area (Å²) in [6.07, 6.45) is 0.649. The normalized spacial score (nSPS) is 25.3. The first-order valence-electron chi connectivity index (χ1n) is 9.17. The van der Waals surface area contributed by atoms with Gasteiger partial charge >= 0.3 is 0 Å². The van der Waals surface area contributed by atoms with E-state index in [0.29, 0.717) is 41.5 Å². The van der Waals surface area contributed by atoms with Crippen molar-refractivity contribution in [2.45, 2.75) is 30.1 Å². The summed E-state index contributed by atoms with van der Waals surface area (Å²) in [5.41, 5.74) is 6.62. The van der Waals surface area contributed by atoms with Crippen LogP contribution in [0.2, 0.25) is 5.02 Å². The molecule has 0 aliphatic carbocycles. The summed E-state index contributed by atoms with van der Waals surface area (Å²) in [6.45, 7) is 2.47. The van der Waals surface area contributed by atoms with Gasteiger partial charge in [0, 0.05) is 18.1 Å². The Bertz CT molecular complexity index is 1140. The van der Waals surface area contributed by atoms with Gasteiger partial charge in [-0.2, -0.15) is 5.26 Å². The molecular formula is C20H20ClN3O3S2. The molecule has 2 aliphatic heterocycles. The lowest BCUT2D eigenvalue weighted by atomic mass is 9.95. The van der Waals surface area contributed by atoms with Crippen molar-refractivity contribution in [3.05, 3.63) is 45.8 Å². The Morgan fingerprint density at radius 1 is 1.31 bits per heavy atom. The van der Waals surface area contributed by atoms with Crippen LogP contribution < -0.4 is 5.73 Å². The van der Waals surface area contributed by atoms with Crippen LogP contribution in [-0.2, 0) is 20.1 Å². The Morgan fingerprint density at radius 3 is 2.69 bits per heavy atom. The molecule has 1 aromatic heterocycles. The minimum atomic E-state index is -3.56. The number of amidine groups is 1. The largest absolute Gasteiger partial charge is 0.386 e. The molecule has 1 saturated heterocycles. The summed E-state index contributed by atoms with van der Waals surface area (Å²) in [6, 6.07) is 11.1. The molecule has 0 radical (unpaired) electrons. The molecule has 0 amide bonds. The average Bonchev–Trinajstić information content (AvgIpc) is 3.09. The fourth-order valence-electron chi connectivity index (χ4n) is 4.07. The van der Waals surface area contributed by atoms with Crippen LogP contribution in [0.25, 0.3) is 10.4 Å². The molecule has 0 saturated carbocycles. The first kappa shape index (κ1) is 20.4. The second kappa shape index (κ2) is 7.10. The number of sulfone groups is 1. The number of nitrogens with two attached hydrogens (primary N) is 1. The van der Waals surface area contributed by atoms with E-state index in [0.717, 1.165) is 10.4 Å². The third-order valence-electron chi connectivity index (χ3n) is 5.65. The summed E-state index contributed by atoms with van der Waals surface area (Å²) >= 11 is 7.91. The van der Waals surface area contributed by atoms with Gasteiger partial charge in [-0.1, -0.05) is 23.7 Å². The van der Waals surface area contributed by atoms with Crippen molar-refractivity contribution < 1.29 is 13.2 Å². The Balaban J connectivity index is 1.79. The molecule has 1 aromatic carbocycles. The third-order valence-corrected chi connectivity index (χ3v) is 10.3. The summed E-state index contributed by atoms with van der Waals surface area (Å²) < 4.78 is 30.9. The van der Waals surface area contributed by atoms with Crippen LogP contribution in [-0.4, -0.2) is 38.0 Å². The predicted octanol–water partition coefficient (Wildman–Crippen LogP) is 3.49. The number of hydrogen-bond acceptors (Lipinski definition) is 7. The maximum absolute atomic E-state index is 13.3. The number of nitriles is 1. The molecule has 3 heterocycles. The molecule has 2 N–H and O–H groups in total. The first-order chi connectivity index (χ1) is 13.7. The van der Waals surface area contributed by atoms with Crippen molar-refractivity contribution in [3.63, 3.8) is 0 Å².